The number of hydrogen-bond acceptors (Lipinski definition) is 5. The van der Waals surface area contributed by atoms with Gasteiger partial charge in [0, 0.05) is 10.9 Å². The Labute approximate surface area is 163 Å². The summed E-state index contributed by atoms with van der Waals surface area (Å²) < 4.78 is 39.2. The molecule has 3 aromatic carbocycles. The minimum absolute atomic E-state index is 0.0752. The van der Waals surface area contributed by atoms with E-state index in [-0.39, 0.29) is 4.90 Å². The first-order valence-corrected chi connectivity index (χ1v) is 10.3. The Hall–Kier alpha value is -3.06. The predicted octanol–water partition coefficient (Wildman–Crippen LogP) is 3.22. The van der Waals surface area contributed by atoms with Crippen LogP contribution in [0, 0.1) is 0 Å². The topological polar surface area (TPSA) is 81.7 Å². The molecule has 1 amide bonds. The van der Waals surface area contributed by atoms with Gasteiger partial charge in [0.1, 0.15) is 11.5 Å². The third kappa shape index (κ3) is 3.18. The van der Waals surface area contributed by atoms with Gasteiger partial charge in [0.05, 0.1) is 24.5 Å². The van der Waals surface area contributed by atoms with E-state index >= 15 is 0 Å². The van der Waals surface area contributed by atoms with Crippen LogP contribution in [0.2, 0.25) is 0 Å². The van der Waals surface area contributed by atoms with Gasteiger partial charge in [0.25, 0.3) is 10.0 Å². The Morgan fingerprint density at radius 2 is 1.82 bits per heavy atom. The third-order valence-electron chi connectivity index (χ3n) is 4.85. The Balaban J connectivity index is 1.70. The van der Waals surface area contributed by atoms with Crippen LogP contribution in [0.25, 0.3) is 10.8 Å². The van der Waals surface area contributed by atoms with Crippen LogP contribution in [0.5, 0.6) is 11.5 Å². The number of carbonyl (C=O) groups excluding carboxylic acids is 1. The van der Waals surface area contributed by atoms with Crippen molar-refractivity contribution < 1.29 is 22.7 Å². The van der Waals surface area contributed by atoms with E-state index in [1.165, 1.54) is 13.2 Å². The second-order valence-electron chi connectivity index (χ2n) is 6.51. The molecule has 1 atom stereocenters. The zero-order chi connectivity index (χ0) is 19.7. The predicted molar refractivity (Wildman–Crippen MR) is 105 cm³/mol. The monoisotopic (exact) mass is 397 g/mol. The highest BCUT2D eigenvalue weighted by molar-refractivity contribution is 7.90. The first-order chi connectivity index (χ1) is 13.5. The molecule has 0 saturated carbocycles. The van der Waals surface area contributed by atoms with Gasteiger partial charge in [-0.1, -0.05) is 42.5 Å². The van der Waals surface area contributed by atoms with E-state index in [1.807, 2.05) is 18.2 Å². The number of ether oxygens (including phenoxy) is 2. The zero-order valence-electron chi connectivity index (χ0n) is 15.2. The lowest BCUT2D eigenvalue weighted by Crippen LogP contribution is -2.36. The van der Waals surface area contributed by atoms with E-state index < -0.39 is 21.8 Å². The Morgan fingerprint density at radius 3 is 2.64 bits per heavy atom. The van der Waals surface area contributed by atoms with Crippen molar-refractivity contribution in [2.75, 3.05) is 13.7 Å². The second kappa shape index (κ2) is 7.16. The largest absolute Gasteiger partial charge is 0.496 e. The van der Waals surface area contributed by atoms with Crippen molar-refractivity contribution >= 4 is 26.7 Å². The average Bonchev–Trinajstić information content (AvgIpc) is 2.72. The van der Waals surface area contributed by atoms with Gasteiger partial charge in [-0.25, -0.2) is 13.1 Å². The summed E-state index contributed by atoms with van der Waals surface area (Å²) in [6.07, 6.45) is 0.365. The van der Waals surface area contributed by atoms with Gasteiger partial charge in [-0.15, -0.1) is 0 Å². The number of hydrogen-bond donors (Lipinski definition) is 1. The molecule has 6 nitrogen and oxygen atoms in total. The number of fused-ring (bicyclic) bond motifs is 2. The van der Waals surface area contributed by atoms with Crippen LogP contribution in [-0.4, -0.2) is 28.0 Å². The fourth-order valence-electron chi connectivity index (χ4n) is 3.55. The first-order valence-electron chi connectivity index (χ1n) is 8.85. The van der Waals surface area contributed by atoms with Gasteiger partial charge in [0.15, 0.2) is 0 Å². The number of carbonyl (C=O) groups is 1. The van der Waals surface area contributed by atoms with Crippen molar-refractivity contribution in [3.05, 3.63) is 66.2 Å². The standard InChI is InChI=1S/C21H19NO5S/c1-26-17-9-5-10-18-20(17)16(12-13-27-18)21(23)22-28(24,25)19-11-4-7-14-6-2-3-8-15(14)19/h2-11,16H,12-13H2,1H3,(H,22,23). The normalized spacial score (nSPS) is 16.1. The lowest BCUT2D eigenvalue weighted by atomic mass is 9.92. The SMILES string of the molecule is COc1cccc2c1C(C(=O)NS(=O)(=O)c1cccc3ccccc13)CCO2. The Morgan fingerprint density at radius 1 is 1.07 bits per heavy atom. The molecule has 0 spiro atoms. The maximum Gasteiger partial charge on any atom is 0.264 e. The quantitative estimate of drug-likeness (QED) is 0.731. The molecule has 0 bridgehead atoms. The second-order valence-corrected chi connectivity index (χ2v) is 8.16. The first kappa shape index (κ1) is 18.3. The summed E-state index contributed by atoms with van der Waals surface area (Å²) in [5.74, 6) is -0.236. The highest BCUT2D eigenvalue weighted by Gasteiger charge is 2.33. The van der Waals surface area contributed by atoms with E-state index in [1.54, 1.807) is 36.4 Å². The number of benzene rings is 3. The van der Waals surface area contributed by atoms with Gasteiger partial charge in [-0.3, -0.25) is 4.79 Å². The molecule has 1 heterocycles. The van der Waals surface area contributed by atoms with Crippen LogP contribution in [-0.2, 0) is 14.8 Å². The Kier molecular flexibility index (Phi) is 4.68. The minimum atomic E-state index is -4.04. The summed E-state index contributed by atoms with van der Waals surface area (Å²) in [5, 5.41) is 1.35. The molecule has 0 aromatic heterocycles. The van der Waals surface area contributed by atoms with Crippen molar-refractivity contribution in [2.24, 2.45) is 0 Å². The van der Waals surface area contributed by atoms with Gasteiger partial charge < -0.3 is 9.47 Å². The maximum atomic E-state index is 13.0. The molecule has 3 aromatic rings. The molecule has 1 aliphatic rings. The molecule has 28 heavy (non-hydrogen) atoms. The fraction of sp³-hybridized carbons (Fsp3) is 0.190. The van der Waals surface area contributed by atoms with Gasteiger partial charge >= 0.3 is 0 Å². The van der Waals surface area contributed by atoms with Crippen LogP contribution < -0.4 is 14.2 Å². The zero-order valence-corrected chi connectivity index (χ0v) is 16.0. The molecule has 0 fully saturated rings. The van der Waals surface area contributed by atoms with Crippen molar-refractivity contribution in [3.8, 4) is 11.5 Å². The van der Waals surface area contributed by atoms with Crippen LogP contribution in [0.4, 0.5) is 0 Å². The van der Waals surface area contributed by atoms with Crippen LogP contribution in [0.15, 0.2) is 65.6 Å². The lowest BCUT2D eigenvalue weighted by molar-refractivity contribution is -0.121. The number of rotatable bonds is 4. The molecule has 7 heteroatoms. The summed E-state index contributed by atoms with van der Waals surface area (Å²) in [6, 6.07) is 17.4. The van der Waals surface area contributed by atoms with Crippen molar-refractivity contribution in [3.63, 3.8) is 0 Å². The molecule has 0 aliphatic carbocycles. The van der Waals surface area contributed by atoms with Crippen molar-refractivity contribution in [1.82, 2.24) is 4.72 Å². The van der Waals surface area contributed by atoms with Crippen LogP contribution in [0.1, 0.15) is 17.9 Å². The van der Waals surface area contributed by atoms with Crippen LogP contribution >= 0.6 is 0 Å². The average molecular weight is 397 g/mol. The van der Waals surface area contributed by atoms with E-state index in [4.69, 9.17) is 9.47 Å². The molecule has 0 saturated heterocycles. The molecule has 1 aliphatic heterocycles. The molecule has 0 radical (unpaired) electrons. The number of nitrogens with one attached hydrogen (secondary N) is 1. The Bertz CT molecular complexity index is 1140. The molecular weight excluding hydrogens is 378 g/mol. The summed E-state index contributed by atoms with van der Waals surface area (Å²) in [7, 11) is -2.53. The molecule has 4 rings (SSSR count). The van der Waals surface area contributed by atoms with E-state index in [2.05, 4.69) is 4.72 Å². The van der Waals surface area contributed by atoms with E-state index in [0.29, 0.717) is 35.5 Å². The molecule has 1 unspecified atom stereocenters. The smallest absolute Gasteiger partial charge is 0.264 e. The van der Waals surface area contributed by atoms with Gasteiger partial charge in [-0.05, 0) is 30.0 Å². The van der Waals surface area contributed by atoms with E-state index in [0.717, 1.165) is 5.39 Å². The summed E-state index contributed by atoms with van der Waals surface area (Å²) in [5.41, 5.74) is 0.571. The van der Waals surface area contributed by atoms with Gasteiger partial charge in [-0.2, -0.15) is 0 Å². The van der Waals surface area contributed by atoms with Crippen molar-refractivity contribution in [2.45, 2.75) is 17.2 Å². The highest BCUT2D eigenvalue weighted by Crippen LogP contribution is 2.40. The number of amides is 1. The molecular formula is C21H19NO5S. The summed E-state index contributed by atoms with van der Waals surface area (Å²) in [6.45, 7) is 0.326. The summed E-state index contributed by atoms with van der Waals surface area (Å²) in [4.78, 5) is 13.0. The maximum absolute atomic E-state index is 13.0. The lowest BCUT2D eigenvalue weighted by Gasteiger charge is -2.26. The third-order valence-corrected chi connectivity index (χ3v) is 6.25. The number of methoxy groups -OCH3 is 1. The van der Waals surface area contributed by atoms with Crippen LogP contribution in [0.3, 0.4) is 0 Å². The van der Waals surface area contributed by atoms with Crippen molar-refractivity contribution in [1.29, 1.82) is 0 Å². The molecule has 1 N–H and O–H groups in total. The number of sulfonamides is 1. The van der Waals surface area contributed by atoms with E-state index in [9.17, 15) is 13.2 Å². The fourth-order valence-corrected chi connectivity index (χ4v) is 4.80. The minimum Gasteiger partial charge on any atom is -0.496 e. The highest BCUT2D eigenvalue weighted by atomic mass is 32.2. The molecule has 144 valence electrons. The summed E-state index contributed by atoms with van der Waals surface area (Å²) >= 11 is 0. The van der Waals surface area contributed by atoms with Gasteiger partial charge in [0.2, 0.25) is 5.91 Å².